The molecule has 0 radical (unpaired) electrons. The molecule has 0 aliphatic carbocycles. The summed E-state index contributed by atoms with van der Waals surface area (Å²) in [6.07, 6.45) is 5.45. The lowest BCUT2D eigenvalue weighted by Crippen LogP contribution is -2.44. The summed E-state index contributed by atoms with van der Waals surface area (Å²) >= 11 is 0. The Balaban J connectivity index is 1.41. The zero-order chi connectivity index (χ0) is 19.8. The fraction of sp³-hybridized carbons (Fsp3) is 0.682. The van der Waals surface area contributed by atoms with Crippen LogP contribution in [0.4, 0.5) is 0 Å². The second kappa shape index (κ2) is 10.6. The molecule has 2 aliphatic heterocycles. The molecule has 3 rings (SSSR count). The first-order valence-electron chi connectivity index (χ1n) is 10.7. The van der Waals surface area contributed by atoms with Crippen LogP contribution in [0.25, 0.3) is 0 Å². The predicted molar refractivity (Wildman–Crippen MR) is 114 cm³/mol. The number of likely N-dealkylation sites (tertiary alicyclic amines) is 2. The third-order valence-electron chi connectivity index (χ3n) is 5.71. The molecule has 156 valence electrons. The highest BCUT2D eigenvalue weighted by Gasteiger charge is 2.27. The molecule has 0 bridgehead atoms. The van der Waals surface area contributed by atoms with E-state index in [2.05, 4.69) is 27.0 Å². The Bertz CT molecular complexity index is 613. The Kier molecular flexibility index (Phi) is 7.83. The van der Waals surface area contributed by atoms with Gasteiger partial charge in [-0.25, -0.2) is 0 Å². The lowest BCUT2D eigenvalue weighted by molar-refractivity contribution is 0.197. The van der Waals surface area contributed by atoms with E-state index in [1.807, 2.05) is 31.3 Å². The maximum absolute atomic E-state index is 5.99. The Morgan fingerprint density at radius 2 is 1.86 bits per heavy atom. The number of ether oxygens (including phenoxy) is 2. The summed E-state index contributed by atoms with van der Waals surface area (Å²) in [4.78, 5) is 9.55. The van der Waals surface area contributed by atoms with Crippen molar-refractivity contribution in [3.05, 3.63) is 24.3 Å². The zero-order valence-corrected chi connectivity index (χ0v) is 17.7. The molecule has 0 aromatic heterocycles. The van der Waals surface area contributed by atoms with Crippen LogP contribution in [0.15, 0.2) is 29.3 Å². The minimum atomic E-state index is 0.0527. The number of nitrogens with zero attached hydrogens (tertiary/aromatic N) is 3. The normalized spacial score (nSPS) is 22.2. The van der Waals surface area contributed by atoms with E-state index in [0.29, 0.717) is 0 Å². The molecule has 0 spiro atoms. The van der Waals surface area contributed by atoms with Crippen LogP contribution in [0.2, 0.25) is 0 Å². The monoisotopic (exact) mass is 388 g/mol. The smallest absolute Gasteiger partial charge is 0.193 e. The molecule has 2 saturated heterocycles. The lowest BCUT2D eigenvalue weighted by Gasteiger charge is -2.29. The molecule has 1 aromatic rings. The quantitative estimate of drug-likeness (QED) is 0.575. The molecule has 0 saturated carbocycles. The van der Waals surface area contributed by atoms with Crippen LogP contribution in [-0.4, -0.2) is 75.3 Å². The lowest BCUT2D eigenvalue weighted by atomic mass is 10.1. The molecule has 6 nitrogen and oxygen atoms in total. The molecule has 28 heavy (non-hydrogen) atoms. The summed E-state index contributed by atoms with van der Waals surface area (Å²) in [6, 6.07) is 7.72. The summed E-state index contributed by atoms with van der Waals surface area (Å²) < 4.78 is 11.2. The van der Waals surface area contributed by atoms with Crippen molar-refractivity contribution < 1.29 is 9.47 Å². The first kappa shape index (κ1) is 20.8. The highest BCUT2D eigenvalue weighted by Crippen LogP contribution is 2.20. The zero-order valence-electron chi connectivity index (χ0n) is 17.7. The molecule has 2 atom stereocenters. The minimum Gasteiger partial charge on any atom is -0.497 e. The average molecular weight is 389 g/mol. The van der Waals surface area contributed by atoms with E-state index < -0.39 is 0 Å². The number of rotatable bonds is 7. The largest absolute Gasteiger partial charge is 0.497 e. The van der Waals surface area contributed by atoms with Crippen molar-refractivity contribution in [1.29, 1.82) is 0 Å². The first-order chi connectivity index (χ1) is 13.7. The Hall–Kier alpha value is -1.95. The van der Waals surface area contributed by atoms with E-state index in [0.717, 1.165) is 43.0 Å². The van der Waals surface area contributed by atoms with Gasteiger partial charge in [-0.05, 0) is 69.5 Å². The van der Waals surface area contributed by atoms with E-state index >= 15 is 0 Å². The number of hydrogen-bond donors (Lipinski definition) is 1. The van der Waals surface area contributed by atoms with Crippen molar-refractivity contribution in [1.82, 2.24) is 15.1 Å². The van der Waals surface area contributed by atoms with Gasteiger partial charge in [-0.2, -0.15) is 0 Å². The molecule has 1 aromatic carbocycles. The van der Waals surface area contributed by atoms with Gasteiger partial charge >= 0.3 is 0 Å². The molecule has 6 heteroatoms. The van der Waals surface area contributed by atoms with Crippen molar-refractivity contribution >= 4 is 5.96 Å². The van der Waals surface area contributed by atoms with Gasteiger partial charge in [0.15, 0.2) is 5.96 Å². The van der Waals surface area contributed by atoms with Crippen LogP contribution in [-0.2, 0) is 0 Å². The van der Waals surface area contributed by atoms with Gasteiger partial charge in [-0.1, -0.05) is 6.42 Å². The van der Waals surface area contributed by atoms with Gasteiger partial charge in [0.2, 0.25) is 0 Å². The summed E-state index contributed by atoms with van der Waals surface area (Å²) in [7, 11) is 3.54. The number of methoxy groups -OCH3 is 1. The summed E-state index contributed by atoms with van der Waals surface area (Å²) in [5.74, 6) is 3.44. The van der Waals surface area contributed by atoms with Gasteiger partial charge in [-0.3, -0.25) is 4.99 Å². The fourth-order valence-electron chi connectivity index (χ4n) is 4.18. The summed E-state index contributed by atoms with van der Waals surface area (Å²) in [6.45, 7) is 8.80. The number of hydrogen-bond acceptors (Lipinski definition) is 4. The Morgan fingerprint density at radius 3 is 2.54 bits per heavy atom. The van der Waals surface area contributed by atoms with Crippen LogP contribution in [0, 0.1) is 5.92 Å². The van der Waals surface area contributed by atoms with Crippen LogP contribution in [0.5, 0.6) is 11.5 Å². The van der Waals surface area contributed by atoms with Gasteiger partial charge in [0, 0.05) is 26.7 Å². The Labute approximate surface area is 169 Å². The van der Waals surface area contributed by atoms with Gasteiger partial charge in [-0.15, -0.1) is 0 Å². The van der Waals surface area contributed by atoms with E-state index in [9.17, 15) is 0 Å². The molecule has 2 heterocycles. The number of piperidine rings is 1. The van der Waals surface area contributed by atoms with Crippen molar-refractivity contribution in [2.75, 3.05) is 53.4 Å². The highest BCUT2D eigenvalue weighted by atomic mass is 16.5. The maximum atomic E-state index is 5.99. The summed E-state index contributed by atoms with van der Waals surface area (Å²) in [5.41, 5.74) is 0. The Morgan fingerprint density at radius 1 is 1.14 bits per heavy atom. The van der Waals surface area contributed by atoms with Gasteiger partial charge in [0.25, 0.3) is 0 Å². The SMILES string of the molecule is CN=C(NCC(C)Oc1ccc(OC)cc1)N1CCC(CN2CCCCC2)C1. The van der Waals surface area contributed by atoms with Crippen LogP contribution in [0.3, 0.4) is 0 Å². The minimum absolute atomic E-state index is 0.0527. The van der Waals surface area contributed by atoms with Gasteiger partial charge in [0.1, 0.15) is 17.6 Å². The van der Waals surface area contributed by atoms with Crippen molar-refractivity contribution in [2.45, 2.75) is 38.7 Å². The summed E-state index contributed by atoms with van der Waals surface area (Å²) in [5, 5.41) is 3.49. The molecular weight excluding hydrogens is 352 g/mol. The molecule has 0 amide bonds. The van der Waals surface area contributed by atoms with Crippen molar-refractivity contribution in [2.24, 2.45) is 10.9 Å². The molecule has 2 fully saturated rings. The molecule has 2 unspecified atom stereocenters. The standard InChI is InChI=1S/C22H36N4O2/c1-18(28-21-9-7-20(27-3)8-10-21)15-24-22(23-2)26-14-11-19(17-26)16-25-12-5-4-6-13-25/h7-10,18-19H,4-6,11-17H2,1-3H3,(H,23,24). The second-order valence-corrected chi connectivity index (χ2v) is 7.99. The van der Waals surface area contributed by atoms with Crippen molar-refractivity contribution in [3.63, 3.8) is 0 Å². The predicted octanol–water partition coefficient (Wildman–Crippen LogP) is 2.85. The topological polar surface area (TPSA) is 49.3 Å². The van der Waals surface area contributed by atoms with E-state index in [1.165, 1.54) is 45.3 Å². The van der Waals surface area contributed by atoms with Crippen molar-refractivity contribution in [3.8, 4) is 11.5 Å². The first-order valence-corrected chi connectivity index (χ1v) is 10.7. The van der Waals surface area contributed by atoms with Gasteiger partial charge < -0.3 is 24.6 Å². The molecular formula is C22H36N4O2. The molecule has 1 N–H and O–H groups in total. The maximum Gasteiger partial charge on any atom is 0.193 e. The number of nitrogens with one attached hydrogen (secondary N) is 1. The van der Waals surface area contributed by atoms with E-state index in [4.69, 9.17) is 9.47 Å². The van der Waals surface area contributed by atoms with Crippen LogP contribution >= 0.6 is 0 Å². The highest BCUT2D eigenvalue weighted by molar-refractivity contribution is 5.80. The third kappa shape index (κ3) is 6.03. The van der Waals surface area contributed by atoms with E-state index in [-0.39, 0.29) is 6.10 Å². The second-order valence-electron chi connectivity index (χ2n) is 7.99. The van der Waals surface area contributed by atoms with Gasteiger partial charge in [0.05, 0.1) is 13.7 Å². The number of aliphatic imine (C=N–C) groups is 1. The van der Waals surface area contributed by atoms with Crippen LogP contribution in [0.1, 0.15) is 32.6 Å². The van der Waals surface area contributed by atoms with E-state index in [1.54, 1.807) is 7.11 Å². The fourth-order valence-corrected chi connectivity index (χ4v) is 4.18. The molecule has 2 aliphatic rings. The number of guanidine groups is 1. The van der Waals surface area contributed by atoms with Crippen LogP contribution < -0.4 is 14.8 Å². The average Bonchev–Trinajstić information content (AvgIpc) is 3.18. The number of benzene rings is 1. The third-order valence-corrected chi connectivity index (χ3v) is 5.71.